The van der Waals surface area contributed by atoms with Gasteiger partial charge in [0.15, 0.2) is 0 Å². The molecule has 2 rings (SSSR count). The predicted octanol–water partition coefficient (Wildman–Crippen LogP) is 2.72. The molecule has 0 aliphatic heterocycles. The van der Waals surface area contributed by atoms with Crippen LogP contribution in [-0.2, 0) is 6.54 Å². The first kappa shape index (κ1) is 12.6. The highest BCUT2D eigenvalue weighted by molar-refractivity contribution is 5.14. The van der Waals surface area contributed by atoms with Gasteiger partial charge in [0.25, 0.3) is 0 Å². The smallest absolute Gasteiger partial charge is 0.0771 e. The van der Waals surface area contributed by atoms with Crippen LogP contribution in [0.1, 0.15) is 38.2 Å². The van der Waals surface area contributed by atoms with Gasteiger partial charge < -0.3 is 10.4 Å². The number of hydrogen-bond donors (Lipinski definition) is 2. The Balaban J connectivity index is 1.77. The third-order valence-corrected chi connectivity index (χ3v) is 3.89. The first-order valence-corrected chi connectivity index (χ1v) is 6.65. The van der Waals surface area contributed by atoms with Crippen molar-refractivity contribution in [3.8, 4) is 0 Å². The lowest BCUT2D eigenvalue weighted by molar-refractivity contribution is 0.00217. The summed E-state index contributed by atoms with van der Waals surface area (Å²) in [6.07, 6.45) is 4.92. The van der Waals surface area contributed by atoms with Gasteiger partial charge in [0, 0.05) is 13.1 Å². The molecule has 0 aromatic heterocycles. The molecule has 1 aromatic rings. The van der Waals surface area contributed by atoms with Gasteiger partial charge >= 0.3 is 0 Å². The SMILES string of the molecule is CC(O)(CNCc1ccccc1)C1CCCC1. The third kappa shape index (κ3) is 3.55. The average Bonchev–Trinajstić information content (AvgIpc) is 2.84. The fourth-order valence-corrected chi connectivity index (χ4v) is 2.75. The van der Waals surface area contributed by atoms with E-state index in [0.29, 0.717) is 12.5 Å². The molecule has 0 bridgehead atoms. The molecular formula is C15H23NO. The van der Waals surface area contributed by atoms with E-state index in [-0.39, 0.29) is 0 Å². The van der Waals surface area contributed by atoms with E-state index in [4.69, 9.17) is 0 Å². The number of benzene rings is 1. The van der Waals surface area contributed by atoms with E-state index in [2.05, 4.69) is 17.4 Å². The first-order valence-electron chi connectivity index (χ1n) is 6.65. The fourth-order valence-electron chi connectivity index (χ4n) is 2.75. The van der Waals surface area contributed by atoms with Crippen LogP contribution >= 0.6 is 0 Å². The van der Waals surface area contributed by atoms with Gasteiger partial charge in [0.05, 0.1) is 5.60 Å². The van der Waals surface area contributed by atoms with Gasteiger partial charge in [-0.25, -0.2) is 0 Å². The minimum Gasteiger partial charge on any atom is -0.389 e. The summed E-state index contributed by atoms with van der Waals surface area (Å²) >= 11 is 0. The molecule has 0 spiro atoms. The van der Waals surface area contributed by atoms with E-state index in [1.54, 1.807) is 0 Å². The van der Waals surface area contributed by atoms with Gasteiger partial charge in [-0.1, -0.05) is 43.2 Å². The highest BCUT2D eigenvalue weighted by atomic mass is 16.3. The van der Waals surface area contributed by atoms with Crippen LogP contribution in [0.3, 0.4) is 0 Å². The summed E-state index contributed by atoms with van der Waals surface area (Å²) in [6.45, 7) is 3.50. The molecular weight excluding hydrogens is 210 g/mol. The summed E-state index contributed by atoms with van der Waals surface area (Å²) in [5.41, 5.74) is 0.723. The lowest BCUT2D eigenvalue weighted by Gasteiger charge is -2.30. The molecule has 2 nitrogen and oxygen atoms in total. The van der Waals surface area contributed by atoms with Crippen molar-refractivity contribution < 1.29 is 5.11 Å². The first-order chi connectivity index (χ1) is 8.18. The molecule has 0 amide bonds. The van der Waals surface area contributed by atoms with Crippen molar-refractivity contribution in [3.63, 3.8) is 0 Å². The number of aliphatic hydroxyl groups is 1. The van der Waals surface area contributed by atoms with E-state index < -0.39 is 5.60 Å². The van der Waals surface area contributed by atoms with Crippen molar-refractivity contribution in [2.45, 2.75) is 44.8 Å². The Bertz CT molecular complexity index is 328. The van der Waals surface area contributed by atoms with Crippen LogP contribution in [-0.4, -0.2) is 17.3 Å². The van der Waals surface area contributed by atoms with Gasteiger partial charge in [0.1, 0.15) is 0 Å². The predicted molar refractivity (Wildman–Crippen MR) is 70.7 cm³/mol. The van der Waals surface area contributed by atoms with Crippen LogP contribution in [0.25, 0.3) is 0 Å². The van der Waals surface area contributed by atoms with Crippen molar-refractivity contribution in [3.05, 3.63) is 35.9 Å². The van der Waals surface area contributed by atoms with Crippen LogP contribution in [0, 0.1) is 5.92 Å². The Morgan fingerprint density at radius 1 is 1.24 bits per heavy atom. The molecule has 0 radical (unpaired) electrons. The maximum Gasteiger partial charge on any atom is 0.0771 e. The molecule has 17 heavy (non-hydrogen) atoms. The topological polar surface area (TPSA) is 32.3 Å². The van der Waals surface area contributed by atoms with Gasteiger partial charge in [-0.2, -0.15) is 0 Å². The molecule has 0 saturated heterocycles. The van der Waals surface area contributed by atoms with E-state index >= 15 is 0 Å². The lowest BCUT2D eigenvalue weighted by atomic mass is 9.88. The maximum absolute atomic E-state index is 10.4. The number of nitrogens with one attached hydrogen (secondary N) is 1. The Hall–Kier alpha value is -0.860. The monoisotopic (exact) mass is 233 g/mol. The van der Waals surface area contributed by atoms with Crippen LogP contribution in [0.2, 0.25) is 0 Å². The highest BCUT2D eigenvalue weighted by Crippen LogP contribution is 2.33. The van der Waals surface area contributed by atoms with E-state index in [1.165, 1.54) is 31.2 Å². The quantitative estimate of drug-likeness (QED) is 0.819. The molecule has 1 aliphatic carbocycles. The second-order valence-electron chi connectivity index (χ2n) is 5.43. The molecule has 0 heterocycles. The summed E-state index contributed by atoms with van der Waals surface area (Å²) in [6, 6.07) is 10.3. The van der Waals surface area contributed by atoms with E-state index in [0.717, 1.165) is 6.54 Å². The van der Waals surface area contributed by atoms with Gasteiger partial charge in [0.2, 0.25) is 0 Å². The Kier molecular flexibility index (Phi) is 4.19. The Morgan fingerprint density at radius 3 is 2.53 bits per heavy atom. The van der Waals surface area contributed by atoms with Crippen LogP contribution in [0.4, 0.5) is 0 Å². The third-order valence-electron chi connectivity index (χ3n) is 3.89. The zero-order chi connectivity index (χ0) is 12.1. The minimum atomic E-state index is -0.550. The number of hydrogen-bond acceptors (Lipinski definition) is 2. The van der Waals surface area contributed by atoms with Crippen LogP contribution < -0.4 is 5.32 Å². The van der Waals surface area contributed by atoms with Crippen LogP contribution in [0.5, 0.6) is 0 Å². The van der Waals surface area contributed by atoms with Gasteiger partial charge in [-0.05, 0) is 31.2 Å². The Labute approximate surface area is 104 Å². The average molecular weight is 233 g/mol. The summed E-state index contributed by atoms with van der Waals surface area (Å²) < 4.78 is 0. The summed E-state index contributed by atoms with van der Waals surface area (Å²) in [5.74, 6) is 0.478. The summed E-state index contributed by atoms with van der Waals surface area (Å²) in [5, 5.41) is 13.8. The van der Waals surface area contributed by atoms with Crippen LogP contribution in [0.15, 0.2) is 30.3 Å². The standard InChI is InChI=1S/C15H23NO/c1-15(17,14-9-5-6-10-14)12-16-11-13-7-3-2-4-8-13/h2-4,7-8,14,16-17H,5-6,9-12H2,1H3. The molecule has 1 aliphatic rings. The largest absolute Gasteiger partial charge is 0.389 e. The van der Waals surface area contributed by atoms with Gasteiger partial charge in [-0.3, -0.25) is 0 Å². The highest BCUT2D eigenvalue weighted by Gasteiger charge is 2.33. The second-order valence-corrected chi connectivity index (χ2v) is 5.43. The van der Waals surface area contributed by atoms with Crippen molar-refractivity contribution in [1.82, 2.24) is 5.32 Å². The summed E-state index contributed by atoms with van der Waals surface area (Å²) in [7, 11) is 0. The van der Waals surface area contributed by atoms with Crippen molar-refractivity contribution in [2.75, 3.05) is 6.54 Å². The molecule has 2 heteroatoms. The van der Waals surface area contributed by atoms with Crippen molar-refractivity contribution in [1.29, 1.82) is 0 Å². The van der Waals surface area contributed by atoms with Crippen molar-refractivity contribution in [2.24, 2.45) is 5.92 Å². The number of rotatable bonds is 5. The fraction of sp³-hybridized carbons (Fsp3) is 0.600. The van der Waals surface area contributed by atoms with Crippen molar-refractivity contribution >= 4 is 0 Å². The summed E-state index contributed by atoms with van der Waals surface area (Å²) in [4.78, 5) is 0. The van der Waals surface area contributed by atoms with E-state index in [9.17, 15) is 5.11 Å². The van der Waals surface area contributed by atoms with E-state index in [1.807, 2.05) is 25.1 Å². The maximum atomic E-state index is 10.4. The zero-order valence-electron chi connectivity index (χ0n) is 10.7. The Morgan fingerprint density at radius 2 is 1.88 bits per heavy atom. The molecule has 1 atom stereocenters. The molecule has 1 aromatic carbocycles. The zero-order valence-corrected chi connectivity index (χ0v) is 10.7. The van der Waals surface area contributed by atoms with Gasteiger partial charge in [-0.15, -0.1) is 0 Å². The second kappa shape index (κ2) is 5.65. The minimum absolute atomic E-state index is 0.478. The molecule has 94 valence electrons. The molecule has 1 fully saturated rings. The molecule has 1 unspecified atom stereocenters. The normalized spacial score (nSPS) is 20.4. The molecule has 1 saturated carbocycles. The lowest BCUT2D eigenvalue weighted by Crippen LogP contribution is -2.43. The molecule has 2 N–H and O–H groups in total.